The summed E-state index contributed by atoms with van der Waals surface area (Å²) in [4.78, 5) is 0. The van der Waals surface area contributed by atoms with Crippen LogP contribution in [0.4, 0.5) is 0 Å². The Balaban J connectivity index is 1.76. The van der Waals surface area contributed by atoms with Gasteiger partial charge in [0.1, 0.15) is 0 Å². The maximum atomic E-state index is 2.39. The Hall–Kier alpha value is -4.42. The molecule has 158 valence electrons. The van der Waals surface area contributed by atoms with Gasteiger partial charge in [-0.15, -0.1) is 0 Å². The molecular weight excluding hydrogens is 408 g/mol. The van der Waals surface area contributed by atoms with Gasteiger partial charge in [-0.3, -0.25) is 0 Å². The van der Waals surface area contributed by atoms with Crippen molar-refractivity contribution in [2.45, 2.75) is 0 Å². The van der Waals surface area contributed by atoms with Crippen LogP contribution in [0, 0.1) is 0 Å². The molecule has 0 spiro atoms. The molecule has 0 unspecified atom stereocenters. The molecule has 0 fully saturated rings. The largest absolute Gasteiger partial charge is 0.0622 e. The van der Waals surface area contributed by atoms with Crippen molar-refractivity contribution in [2.75, 3.05) is 0 Å². The summed E-state index contributed by atoms with van der Waals surface area (Å²) in [5, 5.41) is 10.3. The van der Waals surface area contributed by atoms with Crippen LogP contribution in [0.3, 0.4) is 0 Å². The minimum absolute atomic E-state index is 1.25. The van der Waals surface area contributed by atoms with Crippen molar-refractivity contribution in [1.29, 1.82) is 0 Å². The number of rotatable bonds is 2. The summed E-state index contributed by atoms with van der Waals surface area (Å²) in [5.41, 5.74) is 5.16. The molecule has 0 nitrogen and oxygen atoms in total. The predicted octanol–water partition coefficient (Wildman–Crippen LogP) is 9.63. The molecule has 0 atom stereocenters. The maximum absolute atomic E-state index is 2.39. The first-order valence-electron chi connectivity index (χ1n) is 11.8. The Bertz CT molecular complexity index is 1840. The standard InChI is InChI=1S/C34H22/c1-2-12-24(13-3-1)33-29-18-8-9-19-30(29)34(28-20-10-16-23-11-6-7-17-27(23)28)32-22-26-15-5-4-14-25(26)21-31(32)33/h1-22H. The predicted molar refractivity (Wildman–Crippen MR) is 147 cm³/mol. The summed E-state index contributed by atoms with van der Waals surface area (Å²) >= 11 is 0. The molecule has 7 rings (SSSR count). The lowest BCUT2D eigenvalue weighted by atomic mass is 9.84. The molecule has 0 heterocycles. The third-order valence-electron chi connectivity index (χ3n) is 7.01. The van der Waals surface area contributed by atoms with E-state index in [0.717, 1.165) is 0 Å². The zero-order chi connectivity index (χ0) is 22.5. The molecule has 0 aliphatic heterocycles. The molecule has 0 N–H and O–H groups in total. The van der Waals surface area contributed by atoms with Crippen molar-refractivity contribution in [3.63, 3.8) is 0 Å². The molecule has 0 saturated carbocycles. The van der Waals surface area contributed by atoms with Gasteiger partial charge >= 0.3 is 0 Å². The second-order valence-corrected chi connectivity index (χ2v) is 8.93. The molecule has 0 bridgehead atoms. The average Bonchev–Trinajstić information content (AvgIpc) is 2.91. The van der Waals surface area contributed by atoms with E-state index in [1.165, 1.54) is 65.3 Å². The van der Waals surface area contributed by atoms with E-state index in [9.17, 15) is 0 Å². The molecule has 0 aromatic heterocycles. The fourth-order valence-electron chi connectivity index (χ4n) is 5.51. The first-order chi connectivity index (χ1) is 16.9. The Kier molecular flexibility index (Phi) is 4.25. The molecule has 0 amide bonds. The third-order valence-corrected chi connectivity index (χ3v) is 7.01. The van der Waals surface area contributed by atoms with E-state index in [-0.39, 0.29) is 0 Å². The number of hydrogen-bond donors (Lipinski definition) is 0. The highest BCUT2D eigenvalue weighted by atomic mass is 14.2. The van der Waals surface area contributed by atoms with Gasteiger partial charge in [0.05, 0.1) is 0 Å². The molecular formula is C34H22. The first-order valence-corrected chi connectivity index (χ1v) is 11.8. The smallest absolute Gasteiger partial charge is 0.00199 e. The van der Waals surface area contributed by atoms with Gasteiger partial charge < -0.3 is 0 Å². The lowest BCUT2D eigenvalue weighted by Gasteiger charge is -2.19. The monoisotopic (exact) mass is 430 g/mol. The molecule has 7 aromatic carbocycles. The minimum Gasteiger partial charge on any atom is -0.0622 e. The van der Waals surface area contributed by atoms with Crippen LogP contribution in [0.5, 0.6) is 0 Å². The highest BCUT2D eigenvalue weighted by molar-refractivity contribution is 6.25. The van der Waals surface area contributed by atoms with Gasteiger partial charge in [-0.1, -0.05) is 121 Å². The first kappa shape index (κ1) is 19.1. The zero-order valence-corrected chi connectivity index (χ0v) is 18.7. The van der Waals surface area contributed by atoms with E-state index in [1.54, 1.807) is 0 Å². The van der Waals surface area contributed by atoms with E-state index < -0.39 is 0 Å². The lowest BCUT2D eigenvalue weighted by molar-refractivity contribution is 1.67. The van der Waals surface area contributed by atoms with Gasteiger partial charge in [0, 0.05) is 0 Å². The fraction of sp³-hybridized carbons (Fsp3) is 0. The average molecular weight is 431 g/mol. The third kappa shape index (κ3) is 2.86. The Morgan fingerprint density at radius 2 is 0.794 bits per heavy atom. The highest BCUT2D eigenvalue weighted by Crippen LogP contribution is 2.46. The van der Waals surface area contributed by atoms with Gasteiger partial charge in [-0.2, -0.15) is 0 Å². The summed E-state index contributed by atoms with van der Waals surface area (Å²) in [6.07, 6.45) is 0. The van der Waals surface area contributed by atoms with Crippen molar-refractivity contribution in [2.24, 2.45) is 0 Å². The SMILES string of the molecule is c1ccc(-c2c3ccccc3c(-c3cccc4ccccc34)c3cc4ccccc4cc23)cc1. The van der Waals surface area contributed by atoms with E-state index in [1.807, 2.05) is 0 Å². The van der Waals surface area contributed by atoms with E-state index in [0.29, 0.717) is 0 Å². The van der Waals surface area contributed by atoms with Crippen LogP contribution < -0.4 is 0 Å². The van der Waals surface area contributed by atoms with Gasteiger partial charge in [-0.05, 0) is 77.5 Å². The van der Waals surface area contributed by atoms with Crippen molar-refractivity contribution < 1.29 is 0 Å². The molecule has 0 heteroatoms. The normalized spacial score (nSPS) is 11.5. The summed E-state index contributed by atoms with van der Waals surface area (Å²) < 4.78 is 0. The number of hydrogen-bond acceptors (Lipinski definition) is 0. The molecule has 0 aliphatic carbocycles. The van der Waals surface area contributed by atoms with E-state index in [4.69, 9.17) is 0 Å². The number of fused-ring (bicyclic) bond motifs is 4. The topological polar surface area (TPSA) is 0 Å². The Morgan fingerprint density at radius 3 is 1.50 bits per heavy atom. The second-order valence-electron chi connectivity index (χ2n) is 8.93. The van der Waals surface area contributed by atoms with Crippen molar-refractivity contribution in [3.8, 4) is 22.3 Å². The van der Waals surface area contributed by atoms with E-state index in [2.05, 4.69) is 133 Å². The van der Waals surface area contributed by atoms with Crippen LogP contribution in [0.15, 0.2) is 133 Å². The molecule has 0 radical (unpaired) electrons. The van der Waals surface area contributed by atoms with Gasteiger partial charge in [0.2, 0.25) is 0 Å². The van der Waals surface area contributed by atoms with Crippen LogP contribution in [0.2, 0.25) is 0 Å². The Morgan fingerprint density at radius 1 is 0.294 bits per heavy atom. The maximum Gasteiger partial charge on any atom is -0.00199 e. The lowest BCUT2D eigenvalue weighted by Crippen LogP contribution is -1.92. The molecule has 0 aliphatic rings. The van der Waals surface area contributed by atoms with Crippen LogP contribution in [-0.4, -0.2) is 0 Å². The van der Waals surface area contributed by atoms with Gasteiger partial charge in [0.25, 0.3) is 0 Å². The summed E-state index contributed by atoms with van der Waals surface area (Å²) in [6.45, 7) is 0. The van der Waals surface area contributed by atoms with Crippen molar-refractivity contribution in [3.05, 3.63) is 133 Å². The molecule has 0 saturated heterocycles. The minimum atomic E-state index is 1.25. The van der Waals surface area contributed by atoms with Crippen LogP contribution in [0.25, 0.3) is 65.3 Å². The molecule has 7 aromatic rings. The quantitative estimate of drug-likeness (QED) is 0.239. The van der Waals surface area contributed by atoms with Crippen LogP contribution >= 0.6 is 0 Å². The second kappa shape index (κ2) is 7.57. The summed E-state index contributed by atoms with van der Waals surface area (Å²) in [5.74, 6) is 0. The molecule has 34 heavy (non-hydrogen) atoms. The number of benzene rings is 7. The highest BCUT2D eigenvalue weighted by Gasteiger charge is 2.18. The zero-order valence-electron chi connectivity index (χ0n) is 18.7. The van der Waals surface area contributed by atoms with Crippen LogP contribution in [0.1, 0.15) is 0 Å². The van der Waals surface area contributed by atoms with Gasteiger partial charge in [-0.25, -0.2) is 0 Å². The Labute approximate surface area is 198 Å². The fourth-order valence-corrected chi connectivity index (χ4v) is 5.51. The van der Waals surface area contributed by atoms with Crippen LogP contribution in [-0.2, 0) is 0 Å². The van der Waals surface area contributed by atoms with Crippen molar-refractivity contribution >= 4 is 43.1 Å². The van der Waals surface area contributed by atoms with E-state index >= 15 is 0 Å². The summed E-state index contributed by atoms with van der Waals surface area (Å²) in [7, 11) is 0. The van der Waals surface area contributed by atoms with Gasteiger partial charge in [0.15, 0.2) is 0 Å². The summed E-state index contributed by atoms with van der Waals surface area (Å²) in [6, 6.07) is 48.6. The van der Waals surface area contributed by atoms with Crippen molar-refractivity contribution in [1.82, 2.24) is 0 Å².